The number of carbonyl (C=O) groups excluding carboxylic acids is 1. The molecule has 72 valence electrons. The number of Topliss-reactive ketones (excluding diaryl/α,β-unsaturated/α-hetero) is 1. The first-order valence-electron chi connectivity index (χ1n) is 3.85. The van der Waals surface area contributed by atoms with Gasteiger partial charge < -0.3 is 0 Å². The van der Waals surface area contributed by atoms with Crippen LogP contribution >= 0.6 is 0 Å². The van der Waals surface area contributed by atoms with Gasteiger partial charge in [0.05, 0.1) is 0 Å². The van der Waals surface area contributed by atoms with Crippen molar-refractivity contribution >= 4 is 5.78 Å². The Bertz CT molecular complexity index is 160. The topological polar surface area (TPSA) is 17.1 Å². The van der Waals surface area contributed by atoms with Crippen LogP contribution in [-0.4, -0.2) is 12.0 Å². The molecule has 12 heavy (non-hydrogen) atoms. The van der Waals surface area contributed by atoms with Crippen LogP contribution in [0.3, 0.4) is 0 Å². The Hall–Kier alpha value is -0.540. The Morgan fingerprint density at radius 1 is 1.25 bits per heavy atom. The Kier molecular flexibility index (Phi) is 3.74. The highest BCUT2D eigenvalue weighted by atomic mass is 19.4. The number of hydrogen-bond acceptors (Lipinski definition) is 1. The van der Waals surface area contributed by atoms with Crippen LogP contribution in [-0.2, 0) is 4.79 Å². The van der Waals surface area contributed by atoms with Gasteiger partial charge in [0.1, 0.15) is 0 Å². The van der Waals surface area contributed by atoms with Gasteiger partial charge in [-0.05, 0) is 11.8 Å². The van der Waals surface area contributed by atoms with E-state index < -0.39 is 18.4 Å². The summed E-state index contributed by atoms with van der Waals surface area (Å²) in [6, 6.07) is 0. The second-order valence-electron chi connectivity index (χ2n) is 3.35. The van der Waals surface area contributed by atoms with Gasteiger partial charge in [-0.2, -0.15) is 13.2 Å². The number of hydrogen-bond donors (Lipinski definition) is 0. The molecule has 0 saturated carbocycles. The third-order valence-corrected chi connectivity index (χ3v) is 1.96. The zero-order chi connectivity index (χ0) is 9.94. The van der Waals surface area contributed by atoms with Crippen LogP contribution in [0.15, 0.2) is 0 Å². The maximum Gasteiger partial charge on any atom is 0.449 e. The van der Waals surface area contributed by atoms with Crippen LogP contribution in [0.5, 0.6) is 0 Å². The molecule has 0 heterocycles. The fourth-order valence-corrected chi connectivity index (χ4v) is 0.644. The van der Waals surface area contributed by atoms with E-state index in [0.717, 1.165) is 0 Å². The van der Waals surface area contributed by atoms with Crippen LogP contribution < -0.4 is 0 Å². The SMILES string of the molecule is CC(C)[C@H](C)CC(=O)C(F)(F)F. The lowest BCUT2D eigenvalue weighted by molar-refractivity contribution is -0.172. The first kappa shape index (κ1) is 11.5. The number of rotatable bonds is 3. The fourth-order valence-electron chi connectivity index (χ4n) is 0.644. The minimum atomic E-state index is -4.66. The monoisotopic (exact) mass is 182 g/mol. The number of ketones is 1. The summed E-state index contributed by atoms with van der Waals surface area (Å²) in [5.74, 6) is -1.72. The zero-order valence-corrected chi connectivity index (χ0v) is 7.40. The van der Waals surface area contributed by atoms with Crippen LogP contribution in [0.1, 0.15) is 27.2 Å². The summed E-state index contributed by atoms with van der Waals surface area (Å²) in [4.78, 5) is 10.5. The summed E-state index contributed by atoms with van der Waals surface area (Å²) in [5.41, 5.74) is 0. The predicted octanol–water partition coefficient (Wildman–Crippen LogP) is 2.80. The van der Waals surface area contributed by atoms with Gasteiger partial charge in [0.25, 0.3) is 0 Å². The smallest absolute Gasteiger partial charge is 0.290 e. The van der Waals surface area contributed by atoms with Crippen molar-refractivity contribution in [3.05, 3.63) is 0 Å². The molecule has 0 aromatic carbocycles. The maximum atomic E-state index is 11.7. The molecule has 0 rings (SSSR count). The maximum absolute atomic E-state index is 11.7. The lowest BCUT2D eigenvalue weighted by Crippen LogP contribution is -2.25. The van der Waals surface area contributed by atoms with E-state index in [1.54, 1.807) is 20.8 Å². The van der Waals surface area contributed by atoms with Crippen molar-refractivity contribution in [2.75, 3.05) is 0 Å². The van der Waals surface area contributed by atoms with Gasteiger partial charge in [0, 0.05) is 6.42 Å². The van der Waals surface area contributed by atoms with Gasteiger partial charge in [-0.25, -0.2) is 0 Å². The van der Waals surface area contributed by atoms with Crippen molar-refractivity contribution in [1.82, 2.24) is 0 Å². The van der Waals surface area contributed by atoms with E-state index in [0.29, 0.717) is 0 Å². The largest absolute Gasteiger partial charge is 0.449 e. The van der Waals surface area contributed by atoms with Crippen molar-refractivity contribution < 1.29 is 18.0 Å². The molecule has 0 radical (unpaired) electrons. The van der Waals surface area contributed by atoms with E-state index in [2.05, 4.69) is 0 Å². The molecule has 0 saturated heterocycles. The van der Waals surface area contributed by atoms with E-state index in [4.69, 9.17) is 0 Å². The van der Waals surface area contributed by atoms with Crippen molar-refractivity contribution in [2.45, 2.75) is 33.4 Å². The van der Waals surface area contributed by atoms with Gasteiger partial charge in [0.15, 0.2) is 0 Å². The molecule has 0 N–H and O–H groups in total. The van der Waals surface area contributed by atoms with Gasteiger partial charge in [-0.3, -0.25) is 4.79 Å². The molecule has 0 aromatic rings. The third kappa shape index (κ3) is 3.74. The van der Waals surface area contributed by atoms with Gasteiger partial charge in [-0.1, -0.05) is 20.8 Å². The summed E-state index contributed by atoms with van der Waals surface area (Å²) >= 11 is 0. The fraction of sp³-hybridized carbons (Fsp3) is 0.875. The molecule has 1 nitrogen and oxygen atoms in total. The second-order valence-corrected chi connectivity index (χ2v) is 3.35. The molecule has 0 fully saturated rings. The normalized spacial score (nSPS) is 14.9. The Morgan fingerprint density at radius 3 is 1.92 bits per heavy atom. The molecular formula is C8H13F3O. The summed E-state index contributed by atoms with van der Waals surface area (Å²) in [7, 11) is 0. The lowest BCUT2D eigenvalue weighted by Gasteiger charge is -2.14. The lowest BCUT2D eigenvalue weighted by atomic mass is 9.93. The Labute approximate surface area is 70.0 Å². The average Bonchev–Trinajstić information content (AvgIpc) is 1.85. The molecular weight excluding hydrogens is 169 g/mol. The highest BCUT2D eigenvalue weighted by Crippen LogP contribution is 2.23. The standard InChI is InChI=1S/C8H13F3O/c1-5(2)6(3)4-7(12)8(9,10)11/h5-6H,4H2,1-3H3/t6-/m1/s1. The molecule has 0 bridgehead atoms. The van der Waals surface area contributed by atoms with Crippen molar-refractivity contribution in [3.63, 3.8) is 0 Å². The van der Waals surface area contributed by atoms with Crippen LogP contribution in [0.4, 0.5) is 13.2 Å². The zero-order valence-electron chi connectivity index (χ0n) is 7.40. The summed E-state index contributed by atoms with van der Waals surface area (Å²) in [5, 5.41) is 0. The molecule has 0 aromatic heterocycles. The molecule has 0 aliphatic rings. The van der Waals surface area contributed by atoms with E-state index in [-0.39, 0.29) is 11.8 Å². The predicted molar refractivity (Wildman–Crippen MR) is 39.7 cm³/mol. The molecule has 0 amide bonds. The number of alkyl halides is 3. The summed E-state index contributed by atoms with van der Waals surface area (Å²) in [6.07, 6.45) is -5.07. The molecule has 0 aliphatic carbocycles. The molecule has 1 atom stereocenters. The van der Waals surface area contributed by atoms with Crippen molar-refractivity contribution in [1.29, 1.82) is 0 Å². The van der Waals surface area contributed by atoms with E-state index in [9.17, 15) is 18.0 Å². The molecule has 0 spiro atoms. The quantitative estimate of drug-likeness (QED) is 0.655. The highest BCUT2D eigenvalue weighted by molar-refractivity contribution is 5.84. The highest BCUT2D eigenvalue weighted by Gasteiger charge is 2.38. The van der Waals surface area contributed by atoms with Crippen LogP contribution in [0, 0.1) is 11.8 Å². The van der Waals surface area contributed by atoms with Crippen molar-refractivity contribution in [3.8, 4) is 0 Å². The Morgan fingerprint density at radius 2 is 1.67 bits per heavy atom. The summed E-state index contributed by atoms with van der Waals surface area (Å²) < 4.78 is 35.2. The van der Waals surface area contributed by atoms with Gasteiger partial charge in [0.2, 0.25) is 5.78 Å². The van der Waals surface area contributed by atoms with Gasteiger partial charge >= 0.3 is 6.18 Å². The first-order valence-corrected chi connectivity index (χ1v) is 3.85. The number of halogens is 3. The third-order valence-electron chi connectivity index (χ3n) is 1.96. The van der Waals surface area contributed by atoms with Crippen LogP contribution in [0.2, 0.25) is 0 Å². The molecule has 0 unspecified atom stereocenters. The second kappa shape index (κ2) is 3.92. The van der Waals surface area contributed by atoms with E-state index in [1.165, 1.54) is 0 Å². The minimum absolute atomic E-state index is 0.108. The summed E-state index contributed by atoms with van der Waals surface area (Å²) in [6.45, 7) is 5.25. The first-order chi connectivity index (χ1) is 5.25. The Balaban J connectivity index is 4.02. The van der Waals surface area contributed by atoms with Gasteiger partial charge in [-0.15, -0.1) is 0 Å². The van der Waals surface area contributed by atoms with Crippen LogP contribution in [0.25, 0.3) is 0 Å². The molecule has 4 heteroatoms. The van der Waals surface area contributed by atoms with Crippen molar-refractivity contribution in [2.24, 2.45) is 11.8 Å². The van der Waals surface area contributed by atoms with E-state index in [1.807, 2.05) is 0 Å². The van der Waals surface area contributed by atoms with E-state index >= 15 is 0 Å². The average molecular weight is 182 g/mol. The molecule has 0 aliphatic heterocycles. The number of carbonyl (C=O) groups is 1. The minimum Gasteiger partial charge on any atom is -0.290 e.